The molecule has 0 aliphatic rings. The molecule has 6 heteroatoms. The average molecular weight is 354 g/mol. The smallest absolute Gasteiger partial charge is 0.339 e. The summed E-state index contributed by atoms with van der Waals surface area (Å²) in [5.74, 6) is -1.11. The molecule has 0 saturated heterocycles. The lowest BCUT2D eigenvalue weighted by molar-refractivity contribution is 0.0692. The van der Waals surface area contributed by atoms with Crippen molar-refractivity contribution < 1.29 is 19.0 Å². The van der Waals surface area contributed by atoms with Crippen LogP contribution in [0.3, 0.4) is 0 Å². The molecule has 0 atom stereocenters. The molecule has 0 saturated carbocycles. The molecular formula is C15H13BrFNO3. The van der Waals surface area contributed by atoms with E-state index in [4.69, 9.17) is 9.84 Å². The summed E-state index contributed by atoms with van der Waals surface area (Å²) in [6, 6.07) is 11.0. The van der Waals surface area contributed by atoms with Crippen LogP contribution in [0.1, 0.15) is 10.4 Å². The Morgan fingerprint density at radius 1 is 1.29 bits per heavy atom. The second kappa shape index (κ2) is 7.08. The Kier molecular flexibility index (Phi) is 5.16. The first-order valence-electron chi connectivity index (χ1n) is 6.22. The molecule has 2 aromatic carbocycles. The highest BCUT2D eigenvalue weighted by Crippen LogP contribution is 2.20. The van der Waals surface area contributed by atoms with Crippen LogP contribution < -0.4 is 10.1 Å². The van der Waals surface area contributed by atoms with E-state index in [0.29, 0.717) is 18.0 Å². The lowest BCUT2D eigenvalue weighted by Crippen LogP contribution is -2.13. The van der Waals surface area contributed by atoms with Crippen molar-refractivity contribution in [2.24, 2.45) is 0 Å². The van der Waals surface area contributed by atoms with Crippen molar-refractivity contribution >= 4 is 27.6 Å². The Morgan fingerprint density at radius 2 is 2.05 bits per heavy atom. The summed E-state index contributed by atoms with van der Waals surface area (Å²) in [6.45, 7) is 0.567. The maximum Gasteiger partial charge on any atom is 0.339 e. The van der Waals surface area contributed by atoms with Crippen LogP contribution >= 0.6 is 15.9 Å². The zero-order valence-electron chi connectivity index (χ0n) is 11.0. The van der Waals surface area contributed by atoms with E-state index in [1.54, 1.807) is 30.3 Å². The Bertz CT molecular complexity index is 649. The molecule has 0 unspecified atom stereocenters. The van der Waals surface area contributed by atoms with Gasteiger partial charge in [0.2, 0.25) is 0 Å². The molecule has 0 aliphatic carbocycles. The fourth-order valence-electron chi connectivity index (χ4n) is 1.75. The Morgan fingerprint density at radius 3 is 2.81 bits per heavy atom. The summed E-state index contributed by atoms with van der Waals surface area (Å²) in [7, 11) is 0. The van der Waals surface area contributed by atoms with Gasteiger partial charge in [0.1, 0.15) is 23.7 Å². The van der Waals surface area contributed by atoms with Crippen molar-refractivity contribution in [2.45, 2.75) is 0 Å². The number of rotatable bonds is 6. The summed E-state index contributed by atoms with van der Waals surface area (Å²) >= 11 is 3.26. The maximum atomic E-state index is 13.5. The monoisotopic (exact) mass is 353 g/mol. The lowest BCUT2D eigenvalue weighted by Gasteiger charge is -2.11. The normalized spacial score (nSPS) is 10.2. The van der Waals surface area contributed by atoms with Gasteiger partial charge in [-0.1, -0.05) is 28.1 Å². The number of ether oxygens (including phenoxy) is 1. The van der Waals surface area contributed by atoms with Gasteiger partial charge in [-0.2, -0.15) is 0 Å². The van der Waals surface area contributed by atoms with Gasteiger partial charge in [-0.05, 0) is 30.3 Å². The number of anilines is 1. The SMILES string of the molecule is O=C(O)c1ccccc1OCCNc1cc(Br)ccc1F. The summed E-state index contributed by atoms with van der Waals surface area (Å²) < 4.78 is 19.7. The summed E-state index contributed by atoms with van der Waals surface area (Å²) in [5.41, 5.74) is 0.464. The number of hydrogen-bond donors (Lipinski definition) is 2. The second-order valence-corrected chi connectivity index (χ2v) is 5.12. The number of halogens is 2. The highest BCUT2D eigenvalue weighted by Gasteiger charge is 2.09. The standard InChI is InChI=1S/C15H13BrFNO3/c16-10-5-6-12(17)13(9-10)18-7-8-21-14-4-2-1-3-11(14)15(19)20/h1-6,9,18H,7-8H2,(H,19,20). The highest BCUT2D eigenvalue weighted by molar-refractivity contribution is 9.10. The average Bonchev–Trinajstić information content (AvgIpc) is 2.47. The van der Waals surface area contributed by atoms with Crippen molar-refractivity contribution in [2.75, 3.05) is 18.5 Å². The molecule has 0 spiro atoms. The minimum absolute atomic E-state index is 0.103. The predicted octanol–water partition coefficient (Wildman–Crippen LogP) is 3.78. The molecule has 4 nitrogen and oxygen atoms in total. The quantitative estimate of drug-likeness (QED) is 0.776. The fraction of sp³-hybridized carbons (Fsp3) is 0.133. The van der Waals surface area contributed by atoms with Crippen molar-refractivity contribution in [3.63, 3.8) is 0 Å². The lowest BCUT2D eigenvalue weighted by atomic mass is 10.2. The van der Waals surface area contributed by atoms with Gasteiger partial charge in [-0.15, -0.1) is 0 Å². The summed E-state index contributed by atoms with van der Waals surface area (Å²) in [6.07, 6.45) is 0. The van der Waals surface area contributed by atoms with E-state index in [9.17, 15) is 9.18 Å². The fourth-order valence-corrected chi connectivity index (χ4v) is 2.11. The van der Waals surface area contributed by atoms with Crippen molar-refractivity contribution in [1.82, 2.24) is 0 Å². The van der Waals surface area contributed by atoms with Crippen LogP contribution in [0.2, 0.25) is 0 Å². The van der Waals surface area contributed by atoms with Crippen LogP contribution in [0, 0.1) is 5.82 Å². The van der Waals surface area contributed by atoms with Gasteiger partial charge >= 0.3 is 5.97 Å². The number of hydrogen-bond acceptors (Lipinski definition) is 3. The number of carboxylic acids is 1. The third-order valence-electron chi connectivity index (χ3n) is 2.72. The number of carboxylic acid groups (broad SMARTS) is 1. The third kappa shape index (κ3) is 4.19. The second-order valence-electron chi connectivity index (χ2n) is 4.20. The van der Waals surface area contributed by atoms with E-state index in [1.165, 1.54) is 12.1 Å². The number of benzene rings is 2. The largest absolute Gasteiger partial charge is 0.491 e. The van der Waals surface area contributed by atoms with Crippen molar-refractivity contribution in [3.8, 4) is 5.75 Å². The van der Waals surface area contributed by atoms with Crippen LogP contribution in [0.4, 0.5) is 10.1 Å². The van der Waals surface area contributed by atoms with Gasteiger partial charge in [0.05, 0.1) is 5.69 Å². The van der Waals surface area contributed by atoms with Gasteiger partial charge in [0.25, 0.3) is 0 Å². The molecule has 0 radical (unpaired) electrons. The van der Waals surface area contributed by atoms with Crippen LogP contribution in [0.15, 0.2) is 46.9 Å². The van der Waals surface area contributed by atoms with Crippen LogP contribution in [-0.2, 0) is 0 Å². The first kappa shape index (κ1) is 15.3. The minimum Gasteiger partial charge on any atom is -0.491 e. The molecule has 0 fully saturated rings. The number of para-hydroxylation sites is 1. The van der Waals surface area contributed by atoms with E-state index >= 15 is 0 Å². The van der Waals surface area contributed by atoms with Crippen molar-refractivity contribution in [3.05, 3.63) is 58.3 Å². The van der Waals surface area contributed by atoms with Crippen molar-refractivity contribution in [1.29, 1.82) is 0 Å². The maximum absolute atomic E-state index is 13.5. The van der Waals surface area contributed by atoms with Crippen LogP contribution in [0.5, 0.6) is 5.75 Å². The molecule has 0 amide bonds. The molecule has 2 rings (SSSR count). The van der Waals surface area contributed by atoms with Crippen LogP contribution in [-0.4, -0.2) is 24.2 Å². The van der Waals surface area contributed by atoms with E-state index in [1.807, 2.05) is 0 Å². The predicted molar refractivity (Wildman–Crippen MR) is 81.5 cm³/mol. The van der Waals surface area contributed by atoms with Gasteiger partial charge in [-0.3, -0.25) is 0 Å². The summed E-state index contributed by atoms with van der Waals surface area (Å²) in [5, 5.41) is 11.9. The van der Waals surface area contributed by atoms with E-state index in [0.717, 1.165) is 4.47 Å². The molecule has 21 heavy (non-hydrogen) atoms. The van der Waals surface area contributed by atoms with Gasteiger partial charge in [0.15, 0.2) is 0 Å². The van der Waals surface area contributed by atoms with Gasteiger partial charge in [0, 0.05) is 11.0 Å². The molecule has 2 aromatic rings. The van der Waals surface area contributed by atoms with E-state index < -0.39 is 5.97 Å². The molecule has 110 valence electrons. The first-order valence-corrected chi connectivity index (χ1v) is 7.01. The zero-order valence-corrected chi connectivity index (χ0v) is 12.6. The molecule has 2 N–H and O–H groups in total. The zero-order chi connectivity index (χ0) is 15.2. The molecule has 0 aromatic heterocycles. The molecular weight excluding hydrogens is 341 g/mol. The van der Waals surface area contributed by atoms with Gasteiger partial charge < -0.3 is 15.2 Å². The Balaban J connectivity index is 1.91. The molecule has 0 aliphatic heterocycles. The van der Waals surface area contributed by atoms with E-state index in [-0.39, 0.29) is 18.0 Å². The molecule has 0 bridgehead atoms. The Hall–Kier alpha value is -2.08. The van der Waals surface area contributed by atoms with Gasteiger partial charge in [-0.25, -0.2) is 9.18 Å². The minimum atomic E-state index is -1.04. The Labute approximate surface area is 129 Å². The number of carbonyl (C=O) groups is 1. The highest BCUT2D eigenvalue weighted by atomic mass is 79.9. The third-order valence-corrected chi connectivity index (χ3v) is 3.21. The van der Waals surface area contributed by atoms with E-state index in [2.05, 4.69) is 21.2 Å². The summed E-state index contributed by atoms with van der Waals surface area (Å²) in [4.78, 5) is 11.0. The number of nitrogens with one attached hydrogen (secondary N) is 1. The van der Waals surface area contributed by atoms with Crippen LogP contribution in [0.25, 0.3) is 0 Å². The number of aromatic carboxylic acids is 1. The first-order chi connectivity index (χ1) is 10.1. The topological polar surface area (TPSA) is 58.6 Å². The molecule has 0 heterocycles.